The molecule has 8 heteroatoms. The molecule has 0 spiro atoms. The lowest BCUT2D eigenvalue weighted by molar-refractivity contribution is 0.0910. The van der Waals surface area contributed by atoms with Crippen molar-refractivity contribution in [2.75, 3.05) is 32.1 Å². The van der Waals surface area contributed by atoms with E-state index in [1.165, 1.54) is 18.5 Å². The van der Waals surface area contributed by atoms with Crippen molar-refractivity contribution in [3.8, 4) is 5.75 Å². The van der Waals surface area contributed by atoms with E-state index in [1.807, 2.05) is 19.1 Å². The first-order valence-corrected chi connectivity index (χ1v) is 13.6. The number of aromatic nitrogens is 2. The molecule has 3 aromatic rings. The van der Waals surface area contributed by atoms with Crippen LogP contribution in [0.25, 0.3) is 10.9 Å². The van der Waals surface area contributed by atoms with E-state index >= 15 is 0 Å². The van der Waals surface area contributed by atoms with Gasteiger partial charge in [0.1, 0.15) is 24.0 Å². The van der Waals surface area contributed by atoms with Crippen LogP contribution in [-0.4, -0.2) is 57.3 Å². The highest BCUT2D eigenvalue weighted by Gasteiger charge is 2.22. The van der Waals surface area contributed by atoms with Crippen LogP contribution in [0.15, 0.2) is 41.0 Å². The molecule has 0 N–H and O–H groups in total. The Kier molecular flexibility index (Phi) is 6.95. The maximum atomic E-state index is 14.1. The van der Waals surface area contributed by atoms with Gasteiger partial charge in [0.15, 0.2) is 0 Å². The lowest BCUT2D eigenvalue weighted by Crippen LogP contribution is -2.41. The third-order valence-electron chi connectivity index (χ3n) is 5.91. The summed E-state index contributed by atoms with van der Waals surface area (Å²) < 4.78 is 36.9. The van der Waals surface area contributed by atoms with Gasteiger partial charge >= 0.3 is 0 Å². The van der Waals surface area contributed by atoms with E-state index in [0.717, 1.165) is 60.2 Å². The molecule has 1 aromatic heterocycles. The Bertz CT molecular complexity index is 1280. The molecule has 0 amide bonds. The highest BCUT2D eigenvalue weighted by Crippen LogP contribution is 2.31. The van der Waals surface area contributed by atoms with Gasteiger partial charge in [0.2, 0.25) is 0 Å². The van der Waals surface area contributed by atoms with Crippen LogP contribution in [0.3, 0.4) is 0 Å². The summed E-state index contributed by atoms with van der Waals surface area (Å²) in [5.41, 5.74) is 4.08. The smallest absolute Gasteiger partial charge is 0.126 e. The number of hydrogen-bond acceptors (Lipinski definition) is 6. The summed E-state index contributed by atoms with van der Waals surface area (Å²) in [5, 5.41) is 0.931. The zero-order chi connectivity index (χ0) is 23.6. The largest absolute Gasteiger partial charge is 0.489 e. The highest BCUT2D eigenvalue weighted by atomic mass is 32.2. The van der Waals surface area contributed by atoms with Crippen molar-refractivity contribution in [1.29, 1.82) is 0 Å². The number of ether oxygens (including phenoxy) is 1. The molecule has 1 aliphatic rings. The van der Waals surface area contributed by atoms with Crippen LogP contribution >= 0.6 is 0 Å². The quantitative estimate of drug-likeness (QED) is 0.513. The first-order valence-electron chi connectivity index (χ1n) is 11.3. The number of benzene rings is 2. The predicted molar refractivity (Wildman–Crippen MR) is 131 cm³/mol. The van der Waals surface area contributed by atoms with Crippen molar-refractivity contribution in [3.05, 3.63) is 59.3 Å². The number of piperidine rings is 1. The van der Waals surface area contributed by atoms with Crippen LogP contribution in [0, 0.1) is 12.7 Å². The zero-order valence-corrected chi connectivity index (χ0v) is 20.5. The molecule has 0 unspecified atom stereocenters. The molecular formula is C25H31FN4O2S. The van der Waals surface area contributed by atoms with Crippen molar-refractivity contribution in [1.82, 2.24) is 14.9 Å². The Balaban J connectivity index is 1.68. The molecule has 1 atom stereocenters. The van der Waals surface area contributed by atoms with E-state index in [0.29, 0.717) is 17.9 Å². The minimum absolute atomic E-state index is 0.0465. The van der Waals surface area contributed by atoms with Gasteiger partial charge in [-0.1, -0.05) is 13.0 Å². The van der Waals surface area contributed by atoms with E-state index in [2.05, 4.69) is 26.2 Å². The normalized spacial score (nSPS) is 17.3. The van der Waals surface area contributed by atoms with Crippen LogP contribution in [0.2, 0.25) is 0 Å². The number of likely N-dealkylation sites (tertiary alicyclic amines) is 1. The molecule has 0 aliphatic carbocycles. The van der Waals surface area contributed by atoms with E-state index in [4.69, 9.17) is 4.74 Å². The van der Waals surface area contributed by atoms with Crippen LogP contribution in [0.1, 0.15) is 36.6 Å². The van der Waals surface area contributed by atoms with Gasteiger partial charge in [-0.25, -0.2) is 18.6 Å². The Morgan fingerprint density at radius 2 is 2.06 bits per heavy atom. The fourth-order valence-corrected chi connectivity index (χ4v) is 5.05. The third kappa shape index (κ3) is 5.86. The first kappa shape index (κ1) is 23.6. The topological polar surface area (TPSA) is 67.7 Å². The molecular weight excluding hydrogens is 439 g/mol. The molecule has 0 saturated carbocycles. The van der Waals surface area contributed by atoms with Gasteiger partial charge in [0.05, 0.1) is 16.9 Å². The molecule has 33 heavy (non-hydrogen) atoms. The standard InChI is InChI=1S/C25H31FN4O2S/c1-5-30-10-6-7-21(15-30)32-24-13-19(26)9-8-18(24)12-22-25-17(2)11-20(29-33(3,4)31)14-23(25)28-16-27-22/h8-9,11,13-14,16,21H,5-7,10,12,15H2,1-4H3/t21-/m1/s1. The van der Waals surface area contributed by atoms with Crippen molar-refractivity contribution >= 4 is 26.3 Å². The van der Waals surface area contributed by atoms with Crippen LogP contribution < -0.4 is 4.74 Å². The lowest BCUT2D eigenvalue weighted by Gasteiger charge is -2.32. The number of rotatable bonds is 6. The second-order valence-corrected chi connectivity index (χ2v) is 11.5. The van der Waals surface area contributed by atoms with Crippen LogP contribution in [0.4, 0.5) is 10.1 Å². The molecule has 0 radical (unpaired) electrons. The van der Waals surface area contributed by atoms with Gasteiger partial charge in [-0.3, -0.25) is 4.90 Å². The van der Waals surface area contributed by atoms with Crippen molar-refractivity contribution in [2.45, 2.75) is 39.2 Å². The number of hydrogen-bond donors (Lipinski definition) is 0. The summed E-state index contributed by atoms with van der Waals surface area (Å²) in [5.74, 6) is 0.264. The molecule has 1 aliphatic heterocycles. The minimum atomic E-state index is -2.27. The van der Waals surface area contributed by atoms with E-state index < -0.39 is 9.73 Å². The summed E-state index contributed by atoms with van der Waals surface area (Å²) in [6, 6.07) is 8.47. The molecule has 6 nitrogen and oxygen atoms in total. The fraction of sp³-hybridized carbons (Fsp3) is 0.440. The average molecular weight is 471 g/mol. The summed E-state index contributed by atoms with van der Waals surface area (Å²) >= 11 is 0. The van der Waals surface area contributed by atoms with E-state index in [1.54, 1.807) is 18.6 Å². The maximum Gasteiger partial charge on any atom is 0.126 e. The molecule has 2 aromatic carbocycles. The van der Waals surface area contributed by atoms with E-state index in [9.17, 15) is 8.60 Å². The molecule has 1 fully saturated rings. The van der Waals surface area contributed by atoms with Gasteiger partial charge in [0, 0.05) is 52.2 Å². The summed E-state index contributed by atoms with van der Waals surface area (Å²) in [6.07, 6.45) is 7.33. The number of likely N-dealkylation sites (N-methyl/N-ethyl adjacent to an activating group) is 1. The minimum Gasteiger partial charge on any atom is -0.489 e. The van der Waals surface area contributed by atoms with E-state index in [-0.39, 0.29) is 11.9 Å². The lowest BCUT2D eigenvalue weighted by atomic mass is 10.0. The Hall–Kier alpha value is -2.58. The monoisotopic (exact) mass is 470 g/mol. The number of halogens is 1. The molecule has 0 bridgehead atoms. The molecule has 2 heterocycles. The van der Waals surface area contributed by atoms with Gasteiger partial charge in [-0.2, -0.15) is 4.36 Å². The Morgan fingerprint density at radius 3 is 2.82 bits per heavy atom. The third-order valence-corrected chi connectivity index (χ3v) is 6.56. The van der Waals surface area contributed by atoms with Gasteiger partial charge in [0.25, 0.3) is 0 Å². The van der Waals surface area contributed by atoms with Crippen molar-refractivity contribution in [3.63, 3.8) is 0 Å². The van der Waals surface area contributed by atoms with Crippen molar-refractivity contribution in [2.24, 2.45) is 4.36 Å². The SMILES string of the molecule is CCN1CCC[C@@H](Oc2cc(F)ccc2Cc2ncnc3cc(N=S(C)(C)=O)cc(C)c23)C1. The predicted octanol–water partition coefficient (Wildman–Crippen LogP) is 4.89. The van der Waals surface area contributed by atoms with Crippen LogP contribution in [-0.2, 0) is 16.1 Å². The van der Waals surface area contributed by atoms with Gasteiger partial charge in [-0.05, 0) is 56.6 Å². The van der Waals surface area contributed by atoms with Crippen molar-refractivity contribution < 1.29 is 13.3 Å². The maximum absolute atomic E-state index is 14.1. The summed E-state index contributed by atoms with van der Waals surface area (Å²) in [4.78, 5) is 11.3. The fourth-order valence-electron chi connectivity index (χ4n) is 4.43. The number of fused-ring (bicyclic) bond motifs is 1. The summed E-state index contributed by atoms with van der Waals surface area (Å²) in [6.45, 7) is 7.05. The second kappa shape index (κ2) is 9.73. The summed E-state index contributed by atoms with van der Waals surface area (Å²) in [7, 11) is -2.27. The zero-order valence-electron chi connectivity index (χ0n) is 19.7. The molecule has 4 rings (SSSR count). The molecule has 1 saturated heterocycles. The van der Waals surface area contributed by atoms with Gasteiger partial charge < -0.3 is 4.74 Å². The second-order valence-electron chi connectivity index (χ2n) is 8.95. The van der Waals surface area contributed by atoms with Crippen LogP contribution in [0.5, 0.6) is 5.75 Å². The first-order chi connectivity index (χ1) is 15.7. The van der Waals surface area contributed by atoms with Gasteiger partial charge in [-0.15, -0.1) is 0 Å². The number of nitrogens with zero attached hydrogens (tertiary/aromatic N) is 4. The highest BCUT2D eigenvalue weighted by molar-refractivity contribution is 7.92. The Labute approximate surface area is 195 Å². The molecule has 176 valence electrons. The Morgan fingerprint density at radius 1 is 1.24 bits per heavy atom. The number of aryl methyl sites for hydroxylation is 1. The average Bonchev–Trinajstić information content (AvgIpc) is 2.74.